The molecule has 0 spiro atoms. The average Bonchev–Trinajstić information content (AvgIpc) is 3.09. The fourth-order valence-corrected chi connectivity index (χ4v) is 3.61. The molecule has 6 heteroatoms. The number of rotatable bonds is 10. The number of benzene rings is 3. The molecule has 0 radical (unpaired) electrons. The number of amides is 2. The van der Waals surface area contributed by atoms with Gasteiger partial charge in [0.1, 0.15) is 12.2 Å². The zero-order chi connectivity index (χ0) is 22.3. The van der Waals surface area contributed by atoms with Gasteiger partial charge >= 0.3 is 0 Å². The second-order valence-corrected chi connectivity index (χ2v) is 7.50. The van der Waals surface area contributed by atoms with Crippen LogP contribution in [-0.2, 0) is 27.5 Å². The zero-order valence-corrected chi connectivity index (χ0v) is 17.4. The lowest BCUT2D eigenvalue weighted by molar-refractivity contribution is -0.134. The van der Waals surface area contributed by atoms with E-state index in [2.05, 4.69) is 0 Å². The van der Waals surface area contributed by atoms with Gasteiger partial charge in [-0.15, -0.1) is 0 Å². The van der Waals surface area contributed by atoms with Crippen molar-refractivity contribution in [1.29, 1.82) is 0 Å². The fraction of sp³-hybridized carbons (Fsp3) is 0.192. The van der Waals surface area contributed by atoms with Crippen LogP contribution in [0.5, 0.6) is 0 Å². The van der Waals surface area contributed by atoms with Crippen LogP contribution in [0.25, 0.3) is 0 Å². The van der Waals surface area contributed by atoms with E-state index in [9.17, 15) is 14.4 Å². The highest BCUT2D eigenvalue weighted by Gasteiger charge is 2.38. The van der Waals surface area contributed by atoms with Crippen molar-refractivity contribution in [3.8, 4) is 0 Å². The topological polar surface area (TPSA) is 72.9 Å². The summed E-state index contributed by atoms with van der Waals surface area (Å²) in [5.41, 5.74) is 2.52. The number of aldehydes is 1. The Balaban J connectivity index is 1.52. The first-order chi connectivity index (χ1) is 15.7. The molecule has 3 aromatic rings. The Morgan fingerprint density at radius 1 is 0.688 bits per heavy atom. The first kappa shape index (κ1) is 21.6. The van der Waals surface area contributed by atoms with Gasteiger partial charge in [-0.3, -0.25) is 14.5 Å². The van der Waals surface area contributed by atoms with Crippen molar-refractivity contribution >= 4 is 18.1 Å². The van der Waals surface area contributed by atoms with Gasteiger partial charge in [-0.1, -0.05) is 72.8 Å². The number of fused-ring (bicyclic) bond motifs is 1. The fourth-order valence-electron chi connectivity index (χ4n) is 3.61. The largest absolute Gasteiger partial charge is 0.368 e. The third kappa shape index (κ3) is 4.82. The minimum Gasteiger partial charge on any atom is -0.368 e. The van der Waals surface area contributed by atoms with Crippen molar-refractivity contribution in [1.82, 2.24) is 4.90 Å². The zero-order valence-electron chi connectivity index (χ0n) is 17.4. The predicted octanol–water partition coefficient (Wildman–Crippen LogP) is 3.65. The van der Waals surface area contributed by atoms with Gasteiger partial charge in [-0.05, 0) is 23.3 Å². The molecule has 6 nitrogen and oxygen atoms in total. The molecule has 0 N–H and O–H groups in total. The Hall–Kier alpha value is -3.61. The maximum Gasteiger partial charge on any atom is 0.261 e. The maximum absolute atomic E-state index is 12.8. The molecule has 1 aliphatic rings. The molecule has 1 heterocycles. The second kappa shape index (κ2) is 10.1. The van der Waals surface area contributed by atoms with Crippen LogP contribution in [0, 0.1) is 0 Å². The first-order valence-electron chi connectivity index (χ1n) is 10.4. The summed E-state index contributed by atoms with van der Waals surface area (Å²) in [5.74, 6) is -0.793. The van der Waals surface area contributed by atoms with Gasteiger partial charge in [0.05, 0.1) is 30.9 Å². The van der Waals surface area contributed by atoms with E-state index in [0.717, 1.165) is 16.0 Å². The number of hydrogen-bond acceptors (Lipinski definition) is 5. The highest BCUT2D eigenvalue weighted by molar-refractivity contribution is 6.21. The van der Waals surface area contributed by atoms with Gasteiger partial charge in [-0.25, -0.2) is 0 Å². The van der Waals surface area contributed by atoms with Crippen LogP contribution >= 0.6 is 0 Å². The molecule has 1 aliphatic heterocycles. The van der Waals surface area contributed by atoms with E-state index in [0.29, 0.717) is 17.4 Å². The summed E-state index contributed by atoms with van der Waals surface area (Å²) in [6.07, 6.45) is -1.11. The van der Waals surface area contributed by atoms with Gasteiger partial charge in [0.15, 0.2) is 6.29 Å². The van der Waals surface area contributed by atoms with Crippen molar-refractivity contribution in [2.24, 2.45) is 0 Å². The number of carbonyl (C=O) groups is 3. The molecule has 0 aromatic heterocycles. The lowest BCUT2D eigenvalue weighted by Gasteiger charge is -2.27. The molecule has 0 fully saturated rings. The normalized spacial score (nSPS) is 14.8. The SMILES string of the molecule is O=CC(OCc1ccccc1)C(CN1C(=O)c2ccccc2C1=O)OCc1ccccc1. The number of imide groups is 1. The quantitative estimate of drug-likeness (QED) is 0.363. The van der Waals surface area contributed by atoms with E-state index in [-0.39, 0.29) is 19.8 Å². The van der Waals surface area contributed by atoms with E-state index in [4.69, 9.17) is 9.47 Å². The predicted molar refractivity (Wildman–Crippen MR) is 118 cm³/mol. The third-order valence-electron chi connectivity index (χ3n) is 5.33. The Kier molecular flexibility index (Phi) is 6.84. The minimum atomic E-state index is -0.955. The molecule has 2 amide bonds. The molecule has 0 bridgehead atoms. The van der Waals surface area contributed by atoms with E-state index in [1.807, 2.05) is 60.7 Å². The molecule has 4 rings (SSSR count). The minimum absolute atomic E-state index is 0.0859. The van der Waals surface area contributed by atoms with Crippen LogP contribution in [-0.4, -0.2) is 41.8 Å². The first-order valence-corrected chi connectivity index (χ1v) is 10.4. The van der Waals surface area contributed by atoms with E-state index in [1.165, 1.54) is 0 Å². The summed E-state index contributed by atoms with van der Waals surface area (Å²) in [5, 5.41) is 0. The van der Waals surface area contributed by atoms with Crippen molar-refractivity contribution in [3.63, 3.8) is 0 Å². The van der Waals surface area contributed by atoms with Crippen molar-refractivity contribution in [3.05, 3.63) is 107 Å². The van der Waals surface area contributed by atoms with Gasteiger partial charge in [0.2, 0.25) is 0 Å². The molecule has 162 valence electrons. The molecule has 2 unspecified atom stereocenters. The standard InChI is InChI=1S/C26H23NO5/c28-16-24(32-18-20-11-5-2-6-12-20)23(31-17-19-9-3-1-4-10-19)15-27-25(29)21-13-7-8-14-22(21)26(27)30/h1-14,16,23-24H,15,17-18H2. The molecular weight excluding hydrogens is 406 g/mol. The van der Waals surface area contributed by atoms with Crippen LogP contribution in [0.2, 0.25) is 0 Å². The molecule has 3 aromatic carbocycles. The Morgan fingerprint density at radius 2 is 1.16 bits per heavy atom. The summed E-state index contributed by atoms with van der Waals surface area (Å²) >= 11 is 0. The number of carbonyl (C=O) groups excluding carboxylic acids is 3. The van der Waals surface area contributed by atoms with Crippen LogP contribution in [0.15, 0.2) is 84.9 Å². The van der Waals surface area contributed by atoms with Crippen LogP contribution in [0.3, 0.4) is 0 Å². The average molecular weight is 429 g/mol. The van der Waals surface area contributed by atoms with E-state index in [1.54, 1.807) is 24.3 Å². The van der Waals surface area contributed by atoms with Gasteiger partial charge in [-0.2, -0.15) is 0 Å². The van der Waals surface area contributed by atoms with Gasteiger partial charge in [0.25, 0.3) is 11.8 Å². The monoisotopic (exact) mass is 429 g/mol. The molecule has 0 aliphatic carbocycles. The Bertz CT molecular complexity index is 1050. The van der Waals surface area contributed by atoms with Crippen LogP contribution < -0.4 is 0 Å². The third-order valence-corrected chi connectivity index (χ3v) is 5.33. The second-order valence-electron chi connectivity index (χ2n) is 7.50. The molecule has 0 saturated carbocycles. The number of hydrogen-bond donors (Lipinski definition) is 0. The van der Waals surface area contributed by atoms with Gasteiger partial charge < -0.3 is 14.3 Å². The van der Waals surface area contributed by atoms with Crippen molar-refractivity contribution in [2.45, 2.75) is 25.4 Å². The number of ether oxygens (including phenoxy) is 2. The summed E-state index contributed by atoms with van der Waals surface area (Å²) in [7, 11) is 0. The Labute approximate surface area is 186 Å². The molecular formula is C26H23NO5. The van der Waals surface area contributed by atoms with Crippen molar-refractivity contribution < 1.29 is 23.9 Å². The highest BCUT2D eigenvalue weighted by atomic mass is 16.5. The van der Waals surface area contributed by atoms with Crippen LogP contribution in [0.1, 0.15) is 31.8 Å². The lowest BCUT2D eigenvalue weighted by Crippen LogP contribution is -2.45. The highest BCUT2D eigenvalue weighted by Crippen LogP contribution is 2.24. The van der Waals surface area contributed by atoms with Gasteiger partial charge in [0, 0.05) is 0 Å². The smallest absolute Gasteiger partial charge is 0.261 e. The molecule has 32 heavy (non-hydrogen) atoms. The van der Waals surface area contributed by atoms with E-state index < -0.39 is 24.0 Å². The van der Waals surface area contributed by atoms with E-state index >= 15 is 0 Å². The lowest BCUT2D eigenvalue weighted by atomic mass is 10.1. The summed E-state index contributed by atoms with van der Waals surface area (Å²) in [6, 6.07) is 25.6. The van der Waals surface area contributed by atoms with Crippen molar-refractivity contribution in [2.75, 3.05) is 6.54 Å². The maximum atomic E-state index is 12.8. The Morgan fingerprint density at radius 3 is 1.66 bits per heavy atom. The van der Waals surface area contributed by atoms with Crippen LogP contribution in [0.4, 0.5) is 0 Å². The summed E-state index contributed by atoms with van der Waals surface area (Å²) < 4.78 is 11.9. The summed E-state index contributed by atoms with van der Waals surface area (Å²) in [6.45, 7) is 0.336. The summed E-state index contributed by atoms with van der Waals surface area (Å²) in [4.78, 5) is 38.7. The molecule has 0 saturated heterocycles. The number of nitrogens with zero attached hydrogens (tertiary/aromatic N) is 1. The molecule has 2 atom stereocenters.